The van der Waals surface area contributed by atoms with Gasteiger partial charge in [0, 0.05) is 38.4 Å². The quantitative estimate of drug-likeness (QED) is 0.594. The number of likely N-dealkylation sites (N-methyl/N-ethyl adjacent to an activating group) is 1. The van der Waals surface area contributed by atoms with Gasteiger partial charge in [0.05, 0.1) is 6.42 Å². The topological polar surface area (TPSA) is 61.6 Å². The Bertz CT molecular complexity index is 438. The normalized spacial score (nSPS) is 16.8. The number of anilines is 1. The SMILES string of the molecule is CN1CCN(CCCNC(=O)Cc2ccc(N)cc2)CC1. The van der Waals surface area contributed by atoms with Gasteiger partial charge >= 0.3 is 0 Å². The van der Waals surface area contributed by atoms with E-state index in [0.29, 0.717) is 6.42 Å². The molecule has 0 bridgehead atoms. The molecule has 5 heteroatoms. The summed E-state index contributed by atoms with van der Waals surface area (Å²) in [5.74, 6) is 0.0816. The summed E-state index contributed by atoms with van der Waals surface area (Å²) in [5.41, 5.74) is 7.36. The predicted molar refractivity (Wildman–Crippen MR) is 86.1 cm³/mol. The first-order valence-electron chi connectivity index (χ1n) is 7.65. The third kappa shape index (κ3) is 5.73. The maximum absolute atomic E-state index is 11.8. The van der Waals surface area contributed by atoms with Gasteiger partial charge in [-0.1, -0.05) is 12.1 Å². The Morgan fingerprint density at radius 1 is 1.19 bits per heavy atom. The number of nitrogens with zero attached hydrogens (tertiary/aromatic N) is 2. The van der Waals surface area contributed by atoms with Gasteiger partial charge in [0.1, 0.15) is 0 Å². The molecule has 0 atom stereocenters. The summed E-state index contributed by atoms with van der Waals surface area (Å²) in [5, 5.41) is 2.99. The van der Waals surface area contributed by atoms with Crippen LogP contribution in [0.3, 0.4) is 0 Å². The highest BCUT2D eigenvalue weighted by Crippen LogP contribution is 2.06. The van der Waals surface area contributed by atoms with Gasteiger partial charge in [0.15, 0.2) is 0 Å². The van der Waals surface area contributed by atoms with E-state index in [4.69, 9.17) is 5.73 Å². The molecule has 0 spiro atoms. The van der Waals surface area contributed by atoms with Crippen molar-refractivity contribution in [2.75, 3.05) is 52.0 Å². The van der Waals surface area contributed by atoms with Gasteiger partial charge in [0.2, 0.25) is 5.91 Å². The summed E-state index contributed by atoms with van der Waals surface area (Å²) < 4.78 is 0. The lowest BCUT2D eigenvalue weighted by Gasteiger charge is -2.32. The minimum atomic E-state index is 0.0816. The zero-order chi connectivity index (χ0) is 15.1. The number of carbonyl (C=O) groups excluding carboxylic acids is 1. The number of amides is 1. The Balaban J connectivity index is 1.58. The average Bonchev–Trinajstić information content (AvgIpc) is 2.48. The second-order valence-corrected chi connectivity index (χ2v) is 5.77. The van der Waals surface area contributed by atoms with Crippen LogP contribution in [0, 0.1) is 0 Å². The third-order valence-electron chi connectivity index (χ3n) is 3.91. The molecule has 5 nitrogen and oxygen atoms in total. The maximum atomic E-state index is 11.8. The van der Waals surface area contributed by atoms with E-state index in [1.807, 2.05) is 24.3 Å². The van der Waals surface area contributed by atoms with Crippen molar-refractivity contribution in [1.82, 2.24) is 15.1 Å². The van der Waals surface area contributed by atoms with Crippen LogP contribution in [0.2, 0.25) is 0 Å². The third-order valence-corrected chi connectivity index (χ3v) is 3.91. The highest BCUT2D eigenvalue weighted by molar-refractivity contribution is 5.78. The van der Waals surface area contributed by atoms with Crippen LogP contribution in [0.1, 0.15) is 12.0 Å². The van der Waals surface area contributed by atoms with Crippen molar-refractivity contribution in [2.45, 2.75) is 12.8 Å². The van der Waals surface area contributed by atoms with Gasteiger partial charge in [-0.3, -0.25) is 4.79 Å². The van der Waals surface area contributed by atoms with Crippen molar-refractivity contribution in [1.29, 1.82) is 0 Å². The number of carbonyl (C=O) groups is 1. The lowest BCUT2D eigenvalue weighted by Crippen LogP contribution is -2.45. The molecule has 1 aromatic rings. The predicted octanol–water partition coefficient (Wildman–Crippen LogP) is 0.565. The van der Waals surface area contributed by atoms with E-state index in [1.165, 1.54) is 0 Å². The van der Waals surface area contributed by atoms with Crippen molar-refractivity contribution in [3.8, 4) is 0 Å². The average molecular weight is 290 g/mol. The molecule has 1 amide bonds. The molecule has 0 radical (unpaired) electrons. The van der Waals surface area contributed by atoms with Crippen LogP contribution in [-0.4, -0.2) is 62.0 Å². The largest absolute Gasteiger partial charge is 0.399 e. The summed E-state index contributed by atoms with van der Waals surface area (Å²) in [6.07, 6.45) is 1.44. The molecular formula is C16H26N4O. The molecule has 0 unspecified atom stereocenters. The number of benzene rings is 1. The maximum Gasteiger partial charge on any atom is 0.224 e. The summed E-state index contributed by atoms with van der Waals surface area (Å²) >= 11 is 0. The smallest absolute Gasteiger partial charge is 0.224 e. The molecule has 1 aliphatic rings. The molecule has 1 aromatic carbocycles. The summed E-state index contributed by atoms with van der Waals surface area (Å²) in [6, 6.07) is 7.46. The van der Waals surface area contributed by atoms with Crippen LogP contribution < -0.4 is 11.1 Å². The van der Waals surface area contributed by atoms with Crippen molar-refractivity contribution in [3.05, 3.63) is 29.8 Å². The minimum absolute atomic E-state index is 0.0816. The number of rotatable bonds is 6. The fourth-order valence-electron chi connectivity index (χ4n) is 2.49. The molecule has 3 N–H and O–H groups in total. The van der Waals surface area contributed by atoms with Gasteiger partial charge in [-0.2, -0.15) is 0 Å². The van der Waals surface area contributed by atoms with E-state index in [9.17, 15) is 4.79 Å². The second-order valence-electron chi connectivity index (χ2n) is 5.77. The van der Waals surface area contributed by atoms with Crippen LogP contribution >= 0.6 is 0 Å². The molecule has 0 saturated carbocycles. The standard InChI is InChI=1S/C16H26N4O/c1-19-9-11-20(12-10-19)8-2-7-18-16(21)13-14-3-5-15(17)6-4-14/h3-6H,2,7-13,17H2,1H3,(H,18,21). The van der Waals surface area contributed by atoms with Gasteiger partial charge in [-0.15, -0.1) is 0 Å². The fraction of sp³-hybridized carbons (Fsp3) is 0.562. The first-order valence-corrected chi connectivity index (χ1v) is 7.65. The first kappa shape index (κ1) is 15.8. The van der Waals surface area contributed by atoms with Gasteiger partial charge in [0.25, 0.3) is 0 Å². The van der Waals surface area contributed by atoms with Crippen molar-refractivity contribution in [2.24, 2.45) is 0 Å². The molecule has 0 aliphatic carbocycles. The van der Waals surface area contributed by atoms with Crippen LogP contribution in [0.15, 0.2) is 24.3 Å². The zero-order valence-corrected chi connectivity index (χ0v) is 12.8. The fourth-order valence-corrected chi connectivity index (χ4v) is 2.49. The molecule has 21 heavy (non-hydrogen) atoms. The zero-order valence-electron chi connectivity index (χ0n) is 12.8. The number of nitrogen functional groups attached to an aromatic ring is 1. The van der Waals surface area contributed by atoms with Gasteiger partial charge < -0.3 is 20.9 Å². The van der Waals surface area contributed by atoms with Crippen LogP contribution in [0.25, 0.3) is 0 Å². The monoisotopic (exact) mass is 290 g/mol. The highest BCUT2D eigenvalue weighted by Gasteiger charge is 2.12. The Kier molecular flexibility index (Phi) is 6.02. The van der Waals surface area contributed by atoms with E-state index in [2.05, 4.69) is 22.2 Å². The van der Waals surface area contributed by atoms with E-state index < -0.39 is 0 Å². The number of nitrogens with one attached hydrogen (secondary N) is 1. The Morgan fingerprint density at radius 3 is 2.52 bits per heavy atom. The summed E-state index contributed by atoms with van der Waals surface area (Å²) in [6.45, 7) is 6.37. The Labute approximate surface area is 127 Å². The molecule has 1 aliphatic heterocycles. The van der Waals surface area contributed by atoms with E-state index >= 15 is 0 Å². The minimum Gasteiger partial charge on any atom is -0.399 e. The van der Waals surface area contributed by atoms with E-state index in [0.717, 1.165) is 56.9 Å². The molecule has 2 rings (SSSR count). The van der Waals surface area contributed by atoms with Gasteiger partial charge in [-0.05, 0) is 37.7 Å². The summed E-state index contributed by atoms with van der Waals surface area (Å²) in [4.78, 5) is 16.6. The molecule has 0 aromatic heterocycles. The van der Waals surface area contributed by atoms with Crippen molar-refractivity contribution in [3.63, 3.8) is 0 Å². The number of hydrogen-bond acceptors (Lipinski definition) is 4. The number of nitrogens with two attached hydrogens (primary N) is 1. The number of piperazine rings is 1. The lowest BCUT2D eigenvalue weighted by molar-refractivity contribution is -0.120. The lowest BCUT2D eigenvalue weighted by atomic mass is 10.1. The van der Waals surface area contributed by atoms with Crippen LogP contribution in [0.4, 0.5) is 5.69 Å². The highest BCUT2D eigenvalue weighted by atomic mass is 16.1. The second kappa shape index (κ2) is 8.00. The Morgan fingerprint density at radius 2 is 1.86 bits per heavy atom. The van der Waals surface area contributed by atoms with E-state index in [-0.39, 0.29) is 5.91 Å². The summed E-state index contributed by atoms with van der Waals surface area (Å²) in [7, 11) is 2.16. The van der Waals surface area contributed by atoms with Gasteiger partial charge in [-0.25, -0.2) is 0 Å². The van der Waals surface area contributed by atoms with Crippen LogP contribution in [-0.2, 0) is 11.2 Å². The molecular weight excluding hydrogens is 264 g/mol. The Hall–Kier alpha value is -1.59. The van der Waals surface area contributed by atoms with Crippen LogP contribution in [0.5, 0.6) is 0 Å². The van der Waals surface area contributed by atoms with Crippen molar-refractivity contribution < 1.29 is 4.79 Å². The van der Waals surface area contributed by atoms with Crippen molar-refractivity contribution >= 4 is 11.6 Å². The molecule has 1 heterocycles. The molecule has 1 fully saturated rings. The first-order chi connectivity index (χ1) is 10.1. The molecule has 1 saturated heterocycles. The number of hydrogen-bond donors (Lipinski definition) is 2. The molecule has 116 valence electrons. The van der Waals surface area contributed by atoms with E-state index in [1.54, 1.807) is 0 Å².